The first-order chi connectivity index (χ1) is 8.83. The Morgan fingerprint density at radius 2 is 2.05 bits per heavy atom. The number of anilines is 1. The molecule has 1 aliphatic carbocycles. The maximum Gasteiger partial charge on any atom is 0.416 e. The average molecular weight is 271 g/mol. The molecule has 1 aromatic rings. The highest BCUT2D eigenvalue weighted by atomic mass is 19.4. The van der Waals surface area contributed by atoms with Crippen LogP contribution in [0, 0.1) is 5.41 Å². The number of alkyl halides is 3. The van der Waals surface area contributed by atoms with Gasteiger partial charge < -0.3 is 10.4 Å². The minimum absolute atomic E-state index is 0.256. The Morgan fingerprint density at radius 1 is 1.37 bits per heavy atom. The van der Waals surface area contributed by atoms with Crippen molar-refractivity contribution in [1.82, 2.24) is 0 Å². The molecule has 2 aliphatic rings. The van der Waals surface area contributed by atoms with Crippen LogP contribution < -0.4 is 5.32 Å². The lowest BCUT2D eigenvalue weighted by Gasteiger charge is -2.32. The van der Waals surface area contributed by atoms with Crippen molar-refractivity contribution in [2.75, 3.05) is 11.9 Å². The summed E-state index contributed by atoms with van der Waals surface area (Å²) in [5.74, 6) is -1.88. The van der Waals surface area contributed by atoms with Gasteiger partial charge in [-0.2, -0.15) is 13.2 Å². The number of carboxylic acid groups (broad SMARTS) is 1. The molecule has 0 bridgehead atoms. The van der Waals surface area contributed by atoms with Gasteiger partial charge in [0.2, 0.25) is 0 Å². The molecule has 1 saturated carbocycles. The molecule has 0 radical (unpaired) electrons. The molecule has 1 fully saturated rings. The Kier molecular flexibility index (Phi) is 2.37. The fourth-order valence-corrected chi connectivity index (χ4v) is 2.86. The minimum Gasteiger partial charge on any atom is -0.481 e. The fourth-order valence-electron chi connectivity index (χ4n) is 2.86. The van der Waals surface area contributed by atoms with Gasteiger partial charge in [-0.1, -0.05) is 0 Å². The molecule has 102 valence electrons. The molecule has 0 aromatic heterocycles. The Balaban J connectivity index is 2.11. The Morgan fingerprint density at radius 3 is 2.58 bits per heavy atom. The van der Waals surface area contributed by atoms with Crippen LogP contribution in [0.4, 0.5) is 18.9 Å². The van der Waals surface area contributed by atoms with Gasteiger partial charge in [0.05, 0.1) is 11.5 Å². The second-order valence-corrected chi connectivity index (χ2v) is 5.29. The van der Waals surface area contributed by atoms with Crippen molar-refractivity contribution in [3.8, 4) is 0 Å². The van der Waals surface area contributed by atoms with E-state index < -0.39 is 29.0 Å². The number of carbonyl (C=O) groups is 1. The number of hydrogen-bond acceptors (Lipinski definition) is 2. The Hall–Kier alpha value is -1.72. The molecule has 1 atom stereocenters. The van der Waals surface area contributed by atoms with Gasteiger partial charge >= 0.3 is 12.1 Å². The van der Waals surface area contributed by atoms with Gasteiger partial charge in [0.15, 0.2) is 0 Å². The van der Waals surface area contributed by atoms with Crippen LogP contribution >= 0.6 is 0 Å². The van der Waals surface area contributed by atoms with Crippen molar-refractivity contribution in [2.45, 2.75) is 24.9 Å². The van der Waals surface area contributed by atoms with Crippen molar-refractivity contribution in [1.29, 1.82) is 0 Å². The van der Waals surface area contributed by atoms with Gasteiger partial charge in [0.25, 0.3) is 0 Å². The van der Waals surface area contributed by atoms with Gasteiger partial charge in [-0.25, -0.2) is 0 Å². The van der Waals surface area contributed by atoms with Crippen LogP contribution in [-0.4, -0.2) is 17.6 Å². The summed E-state index contributed by atoms with van der Waals surface area (Å²) in [6.07, 6.45) is -2.97. The van der Waals surface area contributed by atoms with Crippen molar-refractivity contribution in [2.24, 2.45) is 5.41 Å². The van der Waals surface area contributed by atoms with E-state index in [1.165, 1.54) is 6.07 Å². The lowest BCUT2D eigenvalue weighted by molar-refractivity contribution is -0.141. The largest absolute Gasteiger partial charge is 0.481 e. The van der Waals surface area contributed by atoms with E-state index in [0.29, 0.717) is 12.2 Å². The molecule has 0 amide bonds. The summed E-state index contributed by atoms with van der Waals surface area (Å²) in [6.45, 7) is 0.516. The summed E-state index contributed by atoms with van der Waals surface area (Å²) in [5.41, 5.74) is -0.440. The maximum absolute atomic E-state index is 12.7. The molecule has 1 aliphatic heterocycles. The molecule has 2 N–H and O–H groups in total. The molecule has 19 heavy (non-hydrogen) atoms. The zero-order chi connectivity index (χ0) is 13.8. The first-order valence-corrected chi connectivity index (χ1v) is 6.01. The van der Waals surface area contributed by atoms with Crippen molar-refractivity contribution < 1.29 is 23.1 Å². The second-order valence-electron chi connectivity index (χ2n) is 5.29. The quantitative estimate of drug-likeness (QED) is 0.825. The number of halogens is 3. The van der Waals surface area contributed by atoms with E-state index in [4.69, 9.17) is 0 Å². The molecular weight excluding hydrogens is 259 g/mol. The van der Waals surface area contributed by atoms with E-state index in [9.17, 15) is 23.1 Å². The number of hydrogen-bond donors (Lipinski definition) is 2. The summed E-state index contributed by atoms with van der Waals surface area (Å²) in [4.78, 5) is 11.4. The van der Waals surface area contributed by atoms with Gasteiger partial charge in [-0.15, -0.1) is 0 Å². The first-order valence-electron chi connectivity index (χ1n) is 6.01. The normalized spacial score (nSPS) is 23.6. The highest BCUT2D eigenvalue weighted by molar-refractivity contribution is 5.82. The molecule has 1 aromatic carbocycles. The number of rotatable bonds is 1. The third kappa shape index (κ3) is 1.86. The predicted octanol–water partition coefficient (Wildman–Crippen LogP) is 3.08. The second kappa shape index (κ2) is 3.65. The molecule has 1 unspecified atom stereocenters. The monoisotopic (exact) mass is 271 g/mol. The average Bonchev–Trinajstić information content (AvgIpc) is 3.06. The number of nitrogens with one attached hydrogen (secondary N) is 1. The molecule has 0 saturated heterocycles. The topological polar surface area (TPSA) is 49.3 Å². The van der Waals surface area contributed by atoms with Crippen LogP contribution in [0.25, 0.3) is 0 Å². The summed E-state index contributed by atoms with van der Waals surface area (Å²) < 4.78 is 38.2. The fraction of sp³-hybridized carbons (Fsp3) is 0.462. The summed E-state index contributed by atoms with van der Waals surface area (Å²) in [7, 11) is 0. The molecule has 1 spiro atoms. The molecule has 1 heterocycles. The van der Waals surface area contributed by atoms with Gasteiger partial charge in [-0.3, -0.25) is 4.79 Å². The number of carboxylic acids is 1. The van der Waals surface area contributed by atoms with Crippen LogP contribution in [0.15, 0.2) is 18.2 Å². The summed E-state index contributed by atoms with van der Waals surface area (Å²) >= 11 is 0. The van der Waals surface area contributed by atoms with Gasteiger partial charge in [0, 0.05) is 17.6 Å². The van der Waals surface area contributed by atoms with E-state index in [0.717, 1.165) is 25.0 Å². The van der Waals surface area contributed by atoms with Gasteiger partial charge in [0.1, 0.15) is 0 Å². The third-order valence-electron chi connectivity index (χ3n) is 4.07. The predicted molar refractivity (Wildman–Crippen MR) is 62.0 cm³/mol. The number of aliphatic carboxylic acids is 1. The summed E-state index contributed by atoms with van der Waals surface area (Å²) in [5, 5.41) is 12.4. The number of fused-ring (bicyclic) bond motifs is 1. The Bertz CT molecular complexity index is 549. The van der Waals surface area contributed by atoms with E-state index in [1.807, 2.05) is 0 Å². The van der Waals surface area contributed by atoms with Crippen LogP contribution in [0.5, 0.6) is 0 Å². The van der Waals surface area contributed by atoms with Crippen molar-refractivity contribution >= 4 is 11.7 Å². The van der Waals surface area contributed by atoms with E-state index in [2.05, 4.69) is 5.32 Å². The summed E-state index contributed by atoms with van der Waals surface area (Å²) in [6, 6.07) is 3.28. The number of benzene rings is 1. The molecule has 6 heteroatoms. The smallest absolute Gasteiger partial charge is 0.416 e. The van der Waals surface area contributed by atoms with Crippen LogP contribution in [0.1, 0.15) is 29.9 Å². The lowest BCUT2D eigenvalue weighted by Crippen LogP contribution is -2.34. The molecular formula is C13H12F3NO2. The Labute approximate surface area is 107 Å². The van der Waals surface area contributed by atoms with Crippen molar-refractivity contribution in [3.63, 3.8) is 0 Å². The zero-order valence-corrected chi connectivity index (χ0v) is 9.92. The van der Waals surface area contributed by atoms with Crippen LogP contribution in [0.2, 0.25) is 0 Å². The van der Waals surface area contributed by atoms with E-state index in [-0.39, 0.29) is 5.56 Å². The standard InChI is InChI=1S/C13H12F3NO2/c14-13(15,16)7-1-2-9-8(5-7)10(11(18)19)12(3-4-12)6-17-9/h1-2,5,10,17H,3-4,6H2,(H,18,19). The highest BCUT2D eigenvalue weighted by Gasteiger charge is 2.55. The molecule has 3 rings (SSSR count). The lowest BCUT2D eigenvalue weighted by atomic mass is 9.79. The van der Waals surface area contributed by atoms with Crippen molar-refractivity contribution in [3.05, 3.63) is 29.3 Å². The first kappa shape index (κ1) is 12.3. The van der Waals surface area contributed by atoms with Crippen LogP contribution in [-0.2, 0) is 11.0 Å². The zero-order valence-electron chi connectivity index (χ0n) is 9.92. The SMILES string of the molecule is O=C(O)C1c2cc(C(F)(F)F)ccc2NCC12CC2. The van der Waals surface area contributed by atoms with E-state index >= 15 is 0 Å². The highest BCUT2D eigenvalue weighted by Crippen LogP contribution is 2.59. The van der Waals surface area contributed by atoms with Gasteiger partial charge in [-0.05, 0) is 36.6 Å². The van der Waals surface area contributed by atoms with Crippen LogP contribution in [0.3, 0.4) is 0 Å². The maximum atomic E-state index is 12.7. The minimum atomic E-state index is -4.45. The molecule has 3 nitrogen and oxygen atoms in total. The third-order valence-corrected chi connectivity index (χ3v) is 4.07. The van der Waals surface area contributed by atoms with E-state index in [1.54, 1.807) is 0 Å².